The summed E-state index contributed by atoms with van der Waals surface area (Å²) in [5.41, 5.74) is 2.87. The lowest BCUT2D eigenvalue weighted by atomic mass is 10.1. The van der Waals surface area contributed by atoms with Crippen LogP contribution in [-0.4, -0.2) is 42.2 Å². The maximum absolute atomic E-state index is 12.5. The highest BCUT2D eigenvalue weighted by molar-refractivity contribution is 5.78. The molecule has 0 saturated carbocycles. The van der Waals surface area contributed by atoms with Crippen LogP contribution in [0.3, 0.4) is 0 Å². The van der Waals surface area contributed by atoms with Crippen LogP contribution in [0.4, 0.5) is 0 Å². The third-order valence-corrected chi connectivity index (χ3v) is 4.38. The van der Waals surface area contributed by atoms with Crippen LogP contribution in [0, 0.1) is 6.92 Å². The molecule has 3 rings (SSSR count). The van der Waals surface area contributed by atoms with Gasteiger partial charge in [-0.2, -0.15) is 4.98 Å². The van der Waals surface area contributed by atoms with Gasteiger partial charge in [0, 0.05) is 12.6 Å². The van der Waals surface area contributed by atoms with Crippen LogP contribution < -0.4 is 9.47 Å². The highest BCUT2D eigenvalue weighted by Crippen LogP contribution is 2.28. The standard InChI is InChI=1S/C21H23N3O4/c1-14-5-8-16(9-6-14)21-22-19(28-23-21)13-24(2)20(25)12-15-7-10-17(26-3)18(11-15)27-4/h5-11H,12-13H2,1-4H3. The molecule has 7 nitrogen and oxygen atoms in total. The Balaban J connectivity index is 1.64. The molecule has 0 N–H and O–H groups in total. The molecule has 0 aliphatic carbocycles. The third kappa shape index (κ3) is 4.49. The second kappa shape index (κ2) is 8.56. The average molecular weight is 381 g/mol. The van der Waals surface area contributed by atoms with Gasteiger partial charge in [0.15, 0.2) is 11.5 Å². The van der Waals surface area contributed by atoms with Crippen molar-refractivity contribution in [2.24, 2.45) is 0 Å². The fourth-order valence-corrected chi connectivity index (χ4v) is 2.73. The van der Waals surface area contributed by atoms with Crippen LogP contribution in [0.5, 0.6) is 11.5 Å². The summed E-state index contributed by atoms with van der Waals surface area (Å²) in [6.07, 6.45) is 0.232. The number of benzene rings is 2. The van der Waals surface area contributed by atoms with E-state index in [1.807, 2.05) is 37.3 Å². The van der Waals surface area contributed by atoms with Crippen molar-refractivity contribution < 1.29 is 18.8 Å². The number of carbonyl (C=O) groups excluding carboxylic acids is 1. The van der Waals surface area contributed by atoms with Crippen molar-refractivity contribution in [1.29, 1.82) is 0 Å². The normalized spacial score (nSPS) is 10.6. The first kappa shape index (κ1) is 19.4. The van der Waals surface area contributed by atoms with E-state index < -0.39 is 0 Å². The van der Waals surface area contributed by atoms with Crippen LogP contribution in [0.25, 0.3) is 11.4 Å². The summed E-state index contributed by atoms with van der Waals surface area (Å²) in [6.45, 7) is 2.26. The Hall–Kier alpha value is -3.35. The van der Waals surface area contributed by atoms with Crippen molar-refractivity contribution in [3.05, 3.63) is 59.5 Å². The summed E-state index contributed by atoms with van der Waals surface area (Å²) >= 11 is 0. The molecule has 0 aliphatic heterocycles. The summed E-state index contributed by atoms with van der Waals surface area (Å²) in [7, 11) is 4.85. The summed E-state index contributed by atoms with van der Waals surface area (Å²) in [5, 5.41) is 4.00. The number of carbonyl (C=O) groups is 1. The second-order valence-corrected chi connectivity index (χ2v) is 6.49. The molecule has 7 heteroatoms. The number of hydrogen-bond acceptors (Lipinski definition) is 6. The molecule has 0 fully saturated rings. The third-order valence-electron chi connectivity index (χ3n) is 4.38. The number of likely N-dealkylation sites (N-methyl/N-ethyl adjacent to an activating group) is 1. The van der Waals surface area contributed by atoms with Crippen LogP contribution in [0.2, 0.25) is 0 Å². The van der Waals surface area contributed by atoms with Gasteiger partial charge in [0.25, 0.3) is 0 Å². The molecule has 0 unspecified atom stereocenters. The maximum Gasteiger partial charge on any atom is 0.246 e. The van der Waals surface area contributed by atoms with E-state index in [0.717, 1.165) is 16.7 Å². The number of rotatable bonds is 7. The minimum absolute atomic E-state index is 0.0673. The van der Waals surface area contributed by atoms with Crippen molar-refractivity contribution >= 4 is 5.91 Å². The van der Waals surface area contributed by atoms with Gasteiger partial charge in [-0.05, 0) is 24.6 Å². The molecule has 0 spiro atoms. The van der Waals surface area contributed by atoms with Gasteiger partial charge in [0.05, 0.1) is 27.2 Å². The fourth-order valence-electron chi connectivity index (χ4n) is 2.73. The van der Waals surface area contributed by atoms with Crippen LogP contribution >= 0.6 is 0 Å². The highest BCUT2D eigenvalue weighted by Gasteiger charge is 2.16. The molecular weight excluding hydrogens is 358 g/mol. The zero-order chi connectivity index (χ0) is 20.1. The van der Waals surface area contributed by atoms with Crippen molar-refractivity contribution in [2.75, 3.05) is 21.3 Å². The second-order valence-electron chi connectivity index (χ2n) is 6.49. The largest absolute Gasteiger partial charge is 0.493 e. The predicted molar refractivity (Wildman–Crippen MR) is 104 cm³/mol. The number of aromatic nitrogens is 2. The number of methoxy groups -OCH3 is 2. The number of aryl methyl sites for hydroxylation is 1. The van der Waals surface area contributed by atoms with E-state index in [-0.39, 0.29) is 18.9 Å². The maximum atomic E-state index is 12.5. The molecular formula is C21H23N3O4. The number of hydrogen-bond donors (Lipinski definition) is 0. The predicted octanol–water partition coefficient (Wildman–Crippen LogP) is 3.26. The van der Waals surface area contributed by atoms with Gasteiger partial charge in [-0.15, -0.1) is 0 Å². The number of amides is 1. The Bertz CT molecular complexity index is 951. The Kier molecular flexibility index (Phi) is 5.93. The number of ether oxygens (including phenoxy) is 2. The van der Waals surface area contributed by atoms with E-state index in [9.17, 15) is 4.79 Å². The topological polar surface area (TPSA) is 77.7 Å². The van der Waals surface area contributed by atoms with Gasteiger partial charge in [0.1, 0.15) is 0 Å². The quantitative estimate of drug-likeness (QED) is 0.625. The molecule has 0 saturated heterocycles. The van der Waals surface area contributed by atoms with Gasteiger partial charge in [-0.3, -0.25) is 4.79 Å². The molecule has 2 aromatic carbocycles. The lowest BCUT2D eigenvalue weighted by molar-refractivity contribution is -0.130. The van der Waals surface area contributed by atoms with Crippen molar-refractivity contribution in [2.45, 2.75) is 19.9 Å². The molecule has 1 heterocycles. The lowest BCUT2D eigenvalue weighted by Crippen LogP contribution is -2.27. The lowest BCUT2D eigenvalue weighted by Gasteiger charge is -2.15. The van der Waals surface area contributed by atoms with Gasteiger partial charge in [-0.1, -0.05) is 41.1 Å². The Morgan fingerprint density at radius 3 is 2.46 bits per heavy atom. The first-order valence-corrected chi connectivity index (χ1v) is 8.84. The van der Waals surface area contributed by atoms with Gasteiger partial charge >= 0.3 is 0 Å². The van der Waals surface area contributed by atoms with E-state index in [0.29, 0.717) is 23.2 Å². The Morgan fingerprint density at radius 1 is 1.07 bits per heavy atom. The molecule has 28 heavy (non-hydrogen) atoms. The number of nitrogens with zero attached hydrogens (tertiary/aromatic N) is 3. The SMILES string of the molecule is COc1ccc(CC(=O)N(C)Cc2nc(-c3ccc(C)cc3)no2)cc1OC. The van der Waals surface area contributed by atoms with E-state index >= 15 is 0 Å². The summed E-state index contributed by atoms with van der Waals surface area (Å²) in [4.78, 5) is 18.5. The van der Waals surface area contributed by atoms with Crippen molar-refractivity contribution in [1.82, 2.24) is 15.0 Å². The van der Waals surface area contributed by atoms with Gasteiger partial charge in [-0.25, -0.2) is 0 Å². The smallest absolute Gasteiger partial charge is 0.246 e. The molecule has 0 atom stereocenters. The summed E-state index contributed by atoms with van der Waals surface area (Å²) in [5.74, 6) is 2.05. The van der Waals surface area contributed by atoms with E-state index in [4.69, 9.17) is 14.0 Å². The first-order valence-electron chi connectivity index (χ1n) is 8.84. The molecule has 0 bridgehead atoms. The van der Waals surface area contributed by atoms with E-state index in [1.165, 1.54) is 0 Å². The van der Waals surface area contributed by atoms with E-state index in [2.05, 4.69) is 10.1 Å². The van der Waals surface area contributed by atoms with Crippen molar-refractivity contribution in [3.63, 3.8) is 0 Å². The van der Waals surface area contributed by atoms with Crippen LogP contribution in [0.1, 0.15) is 17.0 Å². The molecule has 0 radical (unpaired) electrons. The Labute approximate surface area is 163 Å². The zero-order valence-electron chi connectivity index (χ0n) is 16.4. The van der Waals surface area contributed by atoms with Gasteiger partial charge < -0.3 is 18.9 Å². The van der Waals surface area contributed by atoms with Gasteiger partial charge in [0.2, 0.25) is 17.6 Å². The minimum Gasteiger partial charge on any atom is -0.493 e. The fraction of sp³-hybridized carbons (Fsp3) is 0.286. The van der Waals surface area contributed by atoms with Crippen LogP contribution in [0.15, 0.2) is 47.0 Å². The molecule has 1 aromatic heterocycles. The van der Waals surface area contributed by atoms with Crippen LogP contribution in [-0.2, 0) is 17.8 Å². The molecule has 1 amide bonds. The molecule has 146 valence electrons. The molecule has 0 aliphatic rings. The van der Waals surface area contributed by atoms with E-state index in [1.54, 1.807) is 38.3 Å². The average Bonchev–Trinajstić information content (AvgIpc) is 3.16. The Morgan fingerprint density at radius 2 is 1.79 bits per heavy atom. The molecule has 3 aromatic rings. The minimum atomic E-state index is -0.0673. The summed E-state index contributed by atoms with van der Waals surface area (Å²) < 4.78 is 15.8. The zero-order valence-corrected chi connectivity index (χ0v) is 16.4. The van der Waals surface area contributed by atoms with Crippen molar-refractivity contribution in [3.8, 4) is 22.9 Å². The highest BCUT2D eigenvalue weighted by atomic mass is 16.5. The monoisotopic (exact) mass is 381 g/mol. The first-order chi connectivity index (χ1) is 13.5. The summed E-state index contributed by atoms with van der Waals surface area (Å²) in [6, 6.07) is 13.3.